The maximum atomic E-state index is 6.09. The Labute approximate surface area is 109 Å². The van der Waals surface area contributed by atoms with Gasteiger partial charge in [-0.15, -0.1) is 0 Å². The van der Waals surface area contributed by atoms with Crippen molar-refractivity contribution in [3.05, 3.63) is 40.1 Å². The molecule has 1 atom stereocenters. The topological polar surface area (TPSA) is 52.0 Å². The second-order valence-electron chi connectivity index (χ2n) is 3.73. The highest BCUT2D eigenvalue weighted by Crippen LogP contribution is 2.34. The van der Waals surface area contributed by atoms with Crippen LogP contribution >= 0.6 is 23.2 Å². The monoisotopic (exact) mass is 270 g/mol. The van der Waals surface area contributed by atoms with Crippen molar-refractivity contribution < 1.29 is 4.52 Å². The minimum Gasteiger partial charge on any atom is -0.359 e. The molecule has 1 aromatic carbocycles. The molecule has 0 aliphatic heterocycles. The summed E-state index contributed by atoms with van der Waals surface area (Å²) in [5, 5.41) is 5.04. The van der Waals surface area contributed by atoms with Gasteiger partial charge in [-0.3, -0.25) is 0 Å². The van der Waals surface area contributed by atoms with Gasteiger partial charge in [0.1, 0.15) is 5.69 Å². The van der Waals surface area contributed by atoms with E-state index in [1.54, 1.807) is 24.3 Å². The van der Waals surface area contributed by atoms with Gasteiger partial charge in [0.15, 0.2) is 5.76 Å². The Hall–Kier alpha value is -1.03. The number of aromatic nitrogens is 1. The number of hydrogen-bond donors (Lipinski definition) is 1. The van der Waals surface area contributed by atoms with Crippen LogP contribution in [0.25, 0.3) is 11.3 Å². The highest BCUT2D eigenvalue weighted by molar-refractivity contribution is 6.39. The van der Waals surface area contributed by atoms with Crippen molar-refractivity contribution in [2.24, 2.45) is 5.73 Å². The highest BCUT2D eigenvalue weighted by atomic mass is 35.5. The first-order valence-electron chi connectivity index (χ1n) is 5.30. The Morgan fingerprint density at radius 1 is 1.35 bits per heavy atom. The van der Waals surface area contributed by atoms with Crippen LogP contribution in [0.1, 0.15) is 25.1 Å². The fourth-order valence-corrected chi connectivity index (χ4v) is 2.12. The van der Waals surface area contributed by atoms with Crippen molar-refractivity contribution in [3.63, 3.8) is 0 Å². The molecule has 2 aromatic rings. The van der Waals surface area contributed by atoms with Gasteiger partial charge in [-0.05, 0) is 18.6 Å². The number of rotatable bonds is 3. The molecule has 5 heteroatoms. The minimum absolute atomic E-state index is 0.155. The lowest BCUT2D eigenvalue weighted by atomic mass is 10.1. The summed E-state index contributed by atoms with van der Waals surface area (Å²) in [5.74, 6) is 0.637. The maximum Gasteiger partial charge on any atom is 0.154 e. The first-order valence-corrected chi connectivity index (χ1v) is 6.05. The summed E-state index contributed by atoms with van der Waals surface area (Å²) >= 11 is 12.2. The van der Waals surface area contributed by atoms with Gasteiger partial charge in [0.25, 0.3) is 0 Å². The summed E-state index contributed by atoms with van der Waals surface area (Å²) in [5.41, 5.74) is 7.15. The van der Waals surface area contributed by atoms with Crippen molar-refractivity contribution in [3.8, 4) is 11.3 Å². The molecule has 0 amide bonds. The molecule has 2 rings (SSSR count). The predicted octanol–water partition coefficient (Wildman–Crippen LogP) is 4.06. The fourth-order valence-electron chi connectivity index (χ4n) is 1.53. The molecule has 3 nitrogen and oxygen atoms in total. The summed E-state index contributed by atoms with van der Waals surface area (Å²) in [6.45, 7) is 1.98. The number of hydrogen-bond acceptors (Lipinski definition) is 3. The maximum absolute atomic E-state index is 6.09. The smallest absolute Gasteiger partial charge is 0.154 e. The molecule has 0 bridgehead atoms. The number of nitrogens with zero attached hydrogens (tertiary/aromatic N) is 1. The summed E-state index contributed by atoms with van der Waals surface area (Å²) < 4.78 is 5.19. The molecule has 0 fully saturated rings. The van der Waals surface area contributed by atoms with Gasteiger partial charge in [0.05, 0.1) is 16.1 Å². The van der Waals surface area contributed by atoms with Crippen molar-refractivity contribution in [2.45, 2.75) is 19.4 Å². The standard InChI is InChI=1S/C12H12Cl2N2O/c1-2-9(15)11-6-10(16-17-11)12-7(13)4-3-5-8(12)14/h3-6,9H,2,15H2,1H3. The van der Waals surface area contributed by atoms with E-state index in [9.17, 15) is 0 Å². The number of nitrogens with two attached hydrogens (primary N) is 1. The van der Waals surface area contributed by atoms with E-state index in [0.29, 0.717) is 27.1 Å². The lowest BCUT2D eigenvalue weighted by Gasteiger charge is -2.02. The molecule has 0 spiro atoms. The first kappa shape index (κ1) is 12.4. The van der Waals surface area contributed by atoms with E-state index in [1.165, 1.54) is 0 Å². The van der Waals surface area contributed by atoms with E-state index in [1.807, 2.05) is 6.92 Å². The summed E-state index contributed by atoms with van der Waals surface area (Å²) in [7, 11) is 0. The van der Waals surface area contributed by atoms with Gasteiger partial charge in [-0.25, -0.2) is 0 Å². The third-order valence-corrected chi connectivity index (χ3v) is 3.18. The minimum atomic E-state index is -0.155. The molecule has 17 heavy (non-hydrogen) atoms. The molecule has 0 saturated carbocycles. The largest absolute Gasteiger partial charge is 0.359 e. The highest BCUT2D eigenvalue weighted by Gasteiger charge is 2.16. The first-order chi connectivity index (χ1) is 8.13. The molecule has 0 aliphatic carbocycles. The zero-order valence-electron chi connectivity index (χ0n) is 9.28. The van der Waals surface area contributed by atoms with Crippen molar-refractivity contribution in [2.75, 3.05) is 0 Å². The second-order valence-corrected chi connectivity index (χ2v) is 4.54. The molecule has 0 aliphatic rings. The fraction of sp³-hybridized carbons (Fsp3) is 0.250. The third-order valence-electron chi connectivity index (χ3n) is 2.55. The van der Waals surface area contributed by atoms with Gasteiger partial charge < -0.3 is 10.3 Å². The summed E-state index contributed by atoms with van der Waals surface area (Å²) in [6.07, 6.45) is 0.783. The van der Waals surface area contributed by atoms with Crippen molar-refractivity contribution >= 4 is 23.2 Å². The lowest BCUT2D eigenvalue weighted by Crippen LogP contribution is -2.06. The molecule has 0 saturated heterocycles. The number of benzene rings is 1. The van der Waals surface area contributed by atoms with Crippen LogP contribution in [0.15, 0.2) is 28.8 Å². The molecular formula is C12H12Cl2N2O. The van der Waals surface area contributed by atoms with Crippen molar-refractivity contribution in [1.82, 2.24) is 5.16 Å². The van der Waals surface area contributed by atoms with Crippen LogP contribution in [0.3, 0.4) is 0 Å². The Balaban J connectivity index is 2.44. The van der Waals surface area contributed by atoms with Gasteiger partial charge in [0, 0.05) is 11.6 Å². The van der Waals surface area contributed by atoms with Gasteiger partial charge in [-0.2, -0.15) is 0 Å². The molecule has 1 aromatic heterocycles. The molecule has 1 heterocycles. The molecular weight excluding hydrogens is 259 g/mol. The average molecular weight is 271 g/mol. The van der Waals surface area contributed by atoms with E-state index in [0.717, 1.165) is 6.42 Å². The van der Waals surface area contributed by atoms with Crippen LogP contribution in [0.5, 0.6) is 0 Å². The Kier molecular flexibility index (Phi) is 3.72. The molecule has 90 valence electrons. The Morgan fingerprint density at radius 2 is 2.00 bits per heavy atom. The van der Waals surface area contributed by atoms with Crippen LogP contribution in [-0.2, 0) is 0 Å². The SMILES string of the molecule is CCC(N)c1cc(-c2c(Cl)cccc2Cl)no1. The lowest BCUT2D eigenvalue weighted by molar-refractivity contribution is 0.360. The second kappa shape index (κ2) is 5.08. The average Bonchev–Trinajstić information content (AvgIpc) is 2.77. The van der Waals surface area contributed by atoms with Crippen molar-refractivity contribution in [1.29, 1.82) is 0 Å². The van der Waals surface area contributed by atoms with E-state index in [2.05, 4.69) is 5.16 Å². The van der Waals surface area contributed by atoms with Crippen LogP contribution in [0, 0.1) is 0 Å². The Morgan fingerprint density at radius 3 is 2.59 bits per heavy atom. The van der Waals surface area contributed by atoms with Crippen LogP contribution in [0.4, 0.5) is 0 Å². The summed E-state index contributed by atoms with van der Waals surface area (Å²) in [6, 6.07) is 6.93. The molecule has 2 N–H and O–H groups in total. The normalized spacial score (nSPS) is 12.7. The van der Waals surface area contributed by atoms with Crippen LogP contribution < -0.4 is 5.73 Å². The molecule has 1 unspecified atom stereocenters. The van der Waals surface area contributed by atoms with Gasteiger partial charge >= 0.3 is 0 Å². The van der Waals surface area contributed by atoms with Crippen LogP contribution in [0.2, 0.25) is 10.0 Å². The number of halogens is 2. The van der Waals surface area contributed by atoms with Gasteiger partial charge in [-0.1, -0.05) is 41.3 Å². The third kappa shape index (κ3) is 2.46. The molecule has 0 radical (unpaired) electrons. The van der Waals surface area contributed by atoms with E-state index >= 15 is 0 Å². The quantitative estimate of drug-likeness (QED) is 0.915. The van der Waals surface area contributed by atoms with E-state index < -0.39 is 0 Å². The van der Waals surface area contributed by atoms with E-state index in [4.69, 9.17) is 33.5 Å². The summed E-state index contributed by atoms with van der Waals surface area (Å²) in [4.78, 5) is 0. The Bertz CT molecular complexity index is 505. The van der Waals surface area contributed by atoms with E-state index in [-0.39, 0.29) is 6.04 Å². The zero-order valence-corrected chi connectivity index (χ0v) is 10.8. The zero-order chi connectivity index (χ0) is 12.4. The van der Waals surface area contributed by atoms with Crippen LogP contribution in [-0.4, -0.2) is 5.16 Å². The predicted molar refractivity (Wildman–Crippen MR) is 69.2 cm³/mol. The van der Waals surface area contributed by atoms with Gasteiger partial charge in [0.2, 0.25) is 0 Å².